The lowest BCUT2D eigenvalue weighted by Gasteiger charge is -2.21. The molecule has 0 bridgehead atoms. The Hall–Kier alpha value is -1.02. The summed E-state index contributed by atoms with van der Waals surface area (Å²) >= 11 is 0. The van der Waals surface area contributed by atoms with Gasteiger partial charge >= 0.3 is 0 Å². The van der Waals surface area contributed by atoms with Crippen LogP contribution >= 0.6 is 0 Å². The third-order valence-corrected chi connectivity index (χ3v) is 3.00. The molecular weight excluding hydrogens is 172 g/mol. The van der Waals surface area contributed by atoms with E-state index in [-0.39, 0.29) is 0 Å². The van der Waals surface area contributed by atoms with Crippen molar-refractivity contribution in [1.29, 1.82) is 0 Å². The van der Waals surface area contributed by atoms with Crippen LogP contribution in [0.25, 0.3) is 0 Å². The number of hydrogen-bond donors (Lipinski definition) is 1. The molecule has 0 spiro atoms. The molecule has 76 valence electrons. The fourth-order valence-corrected chi connectivity index (χ4v) is 2.25. The maximum absolute atomic E-state index is 6.00. The number of para-hydroxylation sites is 1. The lowest BCUT2D eigenvalue weighted by atomic mass is 9.94. The predicted octanol–water partition coefficient (Wildman–Crippen LogP) is 1.86. The van der Waals surface area contributed by atoms with Crippen molar-refractivity contribution in [2.75, 3.05) is 26.4 Å². The summed E-state index contributed by atoms with van der Waals surface area (Å²) in [6.07, 6.45) is 2.55. The van der Waals surface area contributed by atoms with Crippen molar-refractivity contribution in [3.63, 3.8) is 0 Å². The molecule has 0 heterocycles. The number of benzene rings is 1. The van der Waals surface area contributed by atoms with Crippen molar-refractivity contribution in [3.8, 4) is 0 Å². The third kappa shape index (κ3) is 1.62. The van der Waals surface area contributed by atoms with E-state index >= 15 is 0 Å². The van der Waals surface area contributed by atoms with Gasteiger partial charge in [0.2, 0.25) is 0 Å². The first-order chi connectivity index (χ1) is 6.64. The predicted molar refractivity (Wildman–Crippen MR) is 60.3 cm³/mol. The van der Waals surface area contributed by atoms with Crippen LogP contribution in [-0.4, -0.2) is 25.5 Å². The van der Waals surface area contributed by atoms with E-state index in [1.807, 2.05) is 12.1 Å². The number of anilines is 1. The summed E-state index contributed by atoms with van der Waals surface area (Å²) in [5.41, 5.74) is 8.65. The standard InChI is InChI=1S/C12H18N2/c1-14(2)9-12(7-8-12)10-5-3-4-6-11(10)13/h3-6H,7-9,13H2,1-2H3. The van der Waals surface area contributed by atoms with Crippen LogP contribution in [0.15, 0.2) is 24.3 Å². The summed E-state index contributed by atoms with van der Waals surface area (Å²) in [6.45, 7) is 1.11. The molecule has 1 aromatic carbocycles. The van der Waals surface area contributed by atoms with Gasteiger partial charge in [0, 0.05) is 17.6 Å². The van der Waals surface area contributed by atoms with Crippen molar-refractivity contribution in [1.82, 2.24) is 4.90 Å². The van der Waals surface area contributed by atoms with Crippen LogP contribution in [0.4, 0.5) is 5.69 Å². The van der Waals surface area contributed by atoms with E-state index in [1.54, 1.807) is 0 Å². The third-order valence-electron chi connectivity index (χ3n) is 3.00. The molecule has 1 saturated carbocycles. The van der Waals surface area contributed by atoms with Crippen molar-refractivity contribution in [2.45, 2.75) is 18.3 Å². The van der Waals surface area contributed by atoms with Crippen LogP contribution in [-0.2, 0) is 5.41 Å². The molecule has 2 N–H and O–H groups in total. The summed E-state index contributed by atoms with van der Waals surface area (Å²) in [7, 11) is 4.25. The zero-order valence-electron chi connectivity index (χ0n) is 8.96. The smallest absolute Gasteiger partial charge is 0.0352 e. The van der Waals surface area contributed by atoms with Crippen molar-refractivity contribution in [3.05, 3.63) is 29.8 Å². The Kier molecular flexibility index (Phi) is 2.23. The van der Waals surface area contributed by atoms with Gasteiger partial charge in [0.05, 0.1) is 0 Å². The summed E-state index contributed by atoms with van der Waals surface area (Å²) < 4.78 is 0. The summed E-state index contributed by atoms with van der Waals surface area (Å²) in [6, 6.07) is 8.27. The summed E-state index contributed by atoms with van der Waals surface area (Å²) in [5.74, 6) is 0. The lowest BCUT2D eigenvalue weighted by molar-refractivity contribution is 0.363. The highest BCUT2D eigenvalue weighted by Gasteiger charge is 2.45. The van der Waals surface area contributed by atoms with E-state index in [4.69, 9.17) is 5.73 Å². The molecule has 1 aliphatic carbocycles. The zero-order valence-corrected chi connectivity index (χ0v) is 8.96. The van der Waals surface area contributed by atoms with Crippen LogP contribution in [0.5, 0.6) is 0 Å². The molecule has 1 aliphatic rings. The van der Waals surface area contributed by atoms with E-state index in [0.717, 1.165) is 12.2 Å². The largest absolute Gasteiger partial charge is 0.398 e. The first kappa shape index (κ1) is 9.53. The van der Waals surface area contributed by atoms with Crippen LogP contribution in [0, 0.1) is 0 Å². The van der Waals surface area contributed by atoms with E-state index in [2.05, 4.69) is 31.1 Å². The van der Waals surface area contributed by atoms with Gasteiger partial charge in [-0.25, -0.2) is 0 Å². The average molecular weight is 190 g/mol. The highest BCUT2D eigenvalue weighted by Crippen LogP contribution is 2.50. The second-order valence-corrected chi connectivity index (χ2v) is 4.61. The van der Waals surface area contributed by atoms with Crippen LogP contribution < -0.4 is 5.73 Å². The number of nitrogens with zero attached hydrogens (tertiary/aromatic N) is 1. The number of likely N-dealkylation sites (N-methyl/N-ethyl adjacent to an activating group) is 1. The van der Waals surface area contributed by atoms with Crippen LogP contribution in [0.2, 0.25) is 0 Å². The Labute approximate surface area is 85.7 Å². The topological polar surface area (TPSA) is 29.3 Å². The van der Waals surface area contributed by atoms with Gasteiger partial charge in [-0.3, -0.25) is 0 Å². The first-order valence-electron chi connectivity index (χ1n) is 5.14. The van der Waals surface area contributed by atoms with Gasteiger partial charge in [0.25, 0.3) is 0 Å². The molecule has 1 aromatic rings. The Morgan fingerprint density at radius 3 is 2.43 bits per heavy atom. The summed E-state index contributed by atoms with van der Waals surface area (Å²) in [4.78, 5) is 2.25. The zero-order chi connectivity index (χ0) is 10.2. The Morgan fingerprint density at radius 2 is 1.93 bits per heavy atom. The Morgan fingerprint density at radius 1 is 1.29 bits per heavy atom. The molecule has 1 fully saturated rings. The quantitative estimate of drug-likeness (QED) is 0.737. The Bertz CT molecular complexity index is 327. The van der Waals surface area contributed by atoms with Crippen molar-refractivity contribution in [2.24, 2.45) is 0 Å². The molecule has 0 radical (unpaired) electrons. The second kappa shape index (κ2) is 3.28. The van der Waals surface area contributed by atoms with E-state index in [0.29, 0.717) is 5.41 Å². The molecule has 2 nitrogen and oxygen atoms in total. The number of hydrogen-bond acceptors (Lipinski definition) is 2. The van der Waals surface area contributed by atoms with E-state index in [1.165, 1.54) is 18.4 Å². The van der Waals surface area contributed by atoms with Gasteiger partial charge < -0.3 is 10.6 Å². The minimum absolute atomic E-state index is 0.356. The van der Waals surface area contributed by atoms with Gasteiger partial charge in [0.1, 0.15) is 0 Å². The second-order valence-electron chi connectivity index (χ2n) is 4.61. The van der Waals surface area contributed by atoms with E-state index < -0.39 is 0 Å². The minimum Gasteiger partial charge on any atom is -0.398 e. The Balaban J connectivity index is 2.26. The van der Waals surface area contributed by atoms with E-state index in [9.17, 15) is 0 Å². The van der Waals surface area contributed by atoms with Gasteiger partial charge in [-0.15, -0.1) is 0 Å². The SMILES string of the molecule is CN(C)CC1(c2ccccc2N)CC1. The summed E-state index contributed by atoms with van der Waals surface area (Å²) in [5, 5.41) is 0. The fraction of sp³-hybridized carbons (Fsp3) is 0.500. The van der Waals surface area contributed by atoms with Gasteiger partial charge in [-0.2, -0.15) is 0 Å². The van der Waals surface area contributed by atoms with Gasteiger partial charge in [0.15, 0.2) is 0 Å². The molecule has 0 atom stereocenters. The highest BCUT2D eigenvalue weighted by molar-refractivity contribution is 5.53. The van der Waals surface area contributed by atoms with Crippen LogP contribution in [0.1, 0.15) is 18.4 Å². The molecule has 2 heteroatoms. The highest BCUT2D eigenvalue weighted by atomic mass is 15.1. The molecule has 0 aromatic heterocycles. The molecule has 2 rings (SSSR count). The van der Waals surface area contributed by atoms with Crippen molar-refractivity contribution < 1.29 is 0 Å². The molecule has 0 aliphatic heterocycles. The number of nitrogens with two attached hydrogens (primary N) is 1. The number of nitrogen functional groups attached to an aromatic ring is 1. The van der Waals surface area contributed by atoms with Gasteiger partial charge in [-0.1, -0.05) is 18.2 Å². The van der Waals surface area contributed by atoms with Gasteiger partial charge in [-0.05, 0) is 38.6 Å². The monoisotopic (exact) mass is 190 g/mol. The van der Waals surface area contributed by atoms with Crippen LogP contribution in [0.3, 0.4) is 0 Å². The molecule has 14 heavy (non-hydrogen) atoms. The molecule has 0 unspecified atom stereocenters. The minimum atomic E-state index is 0.356. The molecular formula is C12H18N2. The first-order valence-corrected chi connectivity index (χ1v) is 5.14. The lowest BCUT2D eigenvalue weighted by Crippen LogP contribution is -2.26. The van der Waals surface area contributed by atoms with Crippen molar-refractivity contribution >= 4 is 5.69 Å². The maximum atomic E-state index is 6.00. The average Bonchev–Trinajstić information content (AvgIpc) is 2.85. The molecule has 0 amide bonds. The molecule has 0 saturated heterocycles. The maximum Gasteiger partial charge on any atom is 0.0352 e. The normalized spacial score (nSPS) is 18.5. The fourth-order valence-electron chi connectivity index (χ4n) is 2.25. The number of rotatable bonds is 3.